The molecule has 0 unspecified atom stereocenters. The second-order valence-electron chi connectivity index (χ2n) is 4.66. The van der Waals surface area contributed by atoms with Crippen LogP contribution < -0.4 is 5.32 Å². The Kier molecular flexibility index (Phi) is 4.61. The van der Waals surface area contributed by atoms with E-state index in [0.717, 1.165) is 25.9 Å². The van der Waals surface area contributed by atoms with Crippen LogP contribution in [-0.2, 0) is 25.9 Å². The van der Waals surface area contributed by atoms with Gasteiger partial charge in [-0.1, -0.05) is 32.0 Å². The Morgan fingerprint density at radius 1 is 1.11 bits per heavy atom. The van der Waals surface area contributed by atoms with E-state index in [0.29, 0.717) is 0 Å². The Morgan fingerprint density at radius 2 is 1.89 bits per heavy atom. The number of aryl methyl sites for hydroxylation is 3. The molecule has 0 aliphatic rings. The lowest BCUT2D eigenvalue weighted by Crippen LogP contribution is -2.08. The van der Waals surface area contributed by atoms with Crippen molar-refractivity contribution in [2.75, 3.05) is 5.32 Å². The Balaban J connectivity index is 2.11. The highest BCUT2D eigenvalue weighted by Crippen LogP contribution is 2.17. The van der Waals surface area contributed by atoms with Crippen LogP contribution >= 0.6 is 0 Å². The van der Waals surface area contributed by atoms with E-state index < -0.39 is 0 Å². The first kappa shape index (κ1) is 13.7. The van der Waals surface area contributed by atoms with Crippen LogP contribution in [0.1, 0.15) is 37.7 Å². The lowest BCUT2D eigenvalue weighted by molar-refractivity contribution is 0.619. The third-order valence-corrected chi connectivity index (χ3v) is 3.43. The molecule has 0 saturated carbocycles. The zero-order valence-electron chi connectivity index (χ0n) is 12.1. The molecule has 0 fully saturated rings. The van der Waals surface area contributed by atoms with Gasteiger partial charge < -0.3 is 5.32 Å². The van der Waals surface area contributed by atoms with Crippen LogP contribution in [0.5, 0.6) is 0 Å². The van der Waals surface area contributed by atoms with Gasteiger partial charge in [-0.05, 0) is 37.5 Å². The van der Waals surface area contributed by atoms with Gasteiger partial charge in [0.05, 0.1) is 17.9 Å². The van der Waals surface area contributed by atoms with Gasteiger partial charge in [0, 0.05) is 12.2 Å². The summed E-state index contributed by atoms with van der Waals surface area (Å²) < 4.78 is 2.08. The minimum atomic E-state index is 0.831. The zero-order chi connectivity index (χ0) is 13.7. The van der Waals surface area contributed by atoms with Gasteiger partial charge in [0.2, 0.25) is 0 Å². The standard InChI is InChI=1S/C16H23N3/c1-4-13-9-7-8-10-16(13)17-12-15-11-14(5-2)18-19(15)6-3/h7-11,17H,4-6,12H2,1-3H3. The molecule has 2 rings (SSSR count). The molecular weight excluding hydrogens is 234 g/mol. The molecule has 0 saturated heterocycles. The van der Waals surface area contributed by atoms with Crippen molar-refractivity contribution in [2.45, 2.75) is 46.7 Å². The average molecular weight is 257 g/mol. The summed E-state index contributed by atoms with van der Waals surface area (Å²) >= 11 is 0. The molecule has 1 aromatic carbocycles. The number of anilines is 1. The Labute approximate surface area is 115 Å². The summed E-state index contributed by atoms with van der Waals surface area (Å²) in [7, 11) is 0. The number of hydrogen-bond donors (Lipinski definition) is 1. The van der Waals surface area contributed by atoms with Crippen LogP contribution in [0, 0.1) is 0 Å². The second kappa shape index (κ2) is 6.41. The highest BCUT2D eigenvalue weighted by molar-refractivity contribution is 5.51. The molecule has 1 aromatic heterocycles. The van der Waals surface area contributed by atoms with Crippen molar-refractivity contribution in [3.05, 3.63) is 47.3 Å². The van der Waals surface area contributed by atoms with Crippen LogP contribution in [0.3, 0.4) is 0 Å². The van der Waals surface area contributed by atoms with Crippen LogP contribution in [0.15, 0.2) is 30.3 Å². The number of benzene rings is 1. The van der Waals surface area contributed by atoms with Gasteiger partial charge in [0.1, 0.15) is 0 Å². The van der Waals surface area contributed by atoms with E-state index in [1.54, 1.807) is 0 Å². The number of aromatic nitrogens is 2. The molecule has 102 valence electrons. The summed E-state index contributed by atoms with van der Waals surface area (Å²) in [6.07, 6.45) is 2.04. The van der Waals surface area contributed by atoms with E-state index >= 15 is 0 Å². The van der Waals surface area contributed by atoms with Gasteiger partial charge in [-0.3, -0.25) is 4.68 Å². The molecule has 0 aliphatic heterocycles. The molecule has 1 heterocycles. The molecule has 0 atom stereocenters. The first-order chi connectivity index (χ1) is 9.28. The number of rotatable bonds is 6. The monoisotopic (exact) mass is 257 g/mol. The normalized spacial score (nSPS) is 10.7. The molecule has 1 N–H and O–H groups in total. The highest BCUT2D eigenvalue weighted by atomic mass is 15.3. The Hall–Kier alpha value is -1.77. The predicted octanol–water partition coefficient (Wildman–Crippen LogP) is 3.64. The van der Waals surface area contributed by atoms with Crippen molar-refractivity contribution in [1.82, 2.24) is 9.78 Å². The fourth-order valence-electron chi connectivity index (χ4n) is 2.29. The summed E-state index contributed by atoms with van der Waals surface area (Å²) in [5, 5.41) is 8.11. The van der Waals surface area contributed by atoms with Crippen LogP contribution in [-0.4, -0.2) is 9.78 Å². The van der Waals surface area contributed by atoms with E-state index in [4.69, 9.17) is 0 Å². The maximum Gasteiger partial charge on any atom is 0.0625 e. The molecule has 3 heteroatoms. The lowest BCUT2D eigenvalue weighted by atomic mass is 10.1. The van der Waals surface area contributed by atoms with E-state index in [-0.39, 0.29) is 0 Å². The summed E-state index contributed by atoms with van der Waals surface area (Å²) in [5.41, 5.74) is 5.01. The Bertz CT molecular complexity index is 529. The summed E-state index contributed by atoms with van der Waals surface area (Å²) in [4.78, 5) is 0. The number of para-hydroxylation sites is 1. The fraction of sp³-hybridized carbons (Fsp3) is 0.438. The summed E-state index contributed by atoms with van der Waals surface area (Å²) in [6, 6.07) is 10.7. The van der Waals surface area contributed by atoms with Gasteiger partial charge in [0.15, 0.2) is 0 Å². The SMILES string of the molecule is CCc1cc(CNc2ccccc2CC)n(CC)n1. The molecule has 0 spiro atoms. The van der Waals surface area contributed by atoms with Crippen molar-refractivity contribution in [2.24, 2.45) is 0 Å². The molecule has 0 amide bonds. The quantitative estimate of drug-likeness (QED) is 0.856. The van der Waals surface area contributed by atoms with E-state index in [1.165, 1.54) is 22.6 Å². The van der Waals surface area contributed by atoms with Crippen molar-refractivity contribution in [1.29, 1.82) is 0 Å². The van der Waals surface area contributed by atoms with Gasteiger partial charge in [-0.15, -0.1) is 0 Å². The number of hydrogen-bond acceptors (Lipinski definition) is 2. The second-order valence-corrected chi connectivity index (χ2v) is 4.66. The van der Waals surface area contributed by atoms with Gasteiger partial charge in [0.25, 0.3) is 0 Å². The molecule has 2 aromatic rings. The highest BCUT2D eigenvalue weighted by Gasteiger charge is 2.06. The fourth-order valence-corrected chi connectivity index (χ4v) is 2.29. The van der Waals surface area contributed by atoms with E-state index in [9.17, 15) is 0 Å². The van der Waals surface area contributed by atoms with Crippen molar-refractivity contribution >= 4 is 5.69 Å². The van der Waals surface area contributed by atoms with Crippen molar-refractivity contribution in [3.63, 3.8) is 0 Å². The summed E-state index contributed by atoms with van der Waals surface area (Å²) in [6.45, 7) is 8.22. The maximum absolute atomic E-state index is 4.58. The molecule has 0 bridgehead atoms. The van der Waals surface area contributed by atoms with E-state index in [2.05, 4.69) is 66.2 Å². The van der Waals surface area contributed by atoms with Crippen molar-refractivity contribution < 1.29 is 0 Å². The summed E-state index contributed by atoms with van der Waals surface area (Å²) in [5.74, 6) is 0. The number of nitrogens with one attached hydrogen (secondary N) is 1. The van der Waals surface area contributed by atoms with Gasteiger partial charge >= 0.3 is 0 Å². The third kappa shape index (κ3) is 3.16. The smallest absolute Gasteiger partial charge is 0.0625 e. The van der Waals surface area contributed by atoms with Crippen LogP contribution in [0.4, 0.5) is 5.69 Å². The molecule has 0 aliphatic carbocycles. The van der Waals surface area contributed by atoms with Gasteiger partial charge in [-0.2, -0.15) is 5.10 Å². The van der Waals surface area contributed by atoms with Gasteiger partial charge in [-0.25, -0.2) is 0 Å². The predicted molar refractivity (Wildman–Crippen MR) is 80.4 cm³/mol. The topological polar surface area (TPSA) is 29.9 Å². The lowest BCUT2D eigenvalue weighted by Gasteiger charge is -2.11. The van der Waals surface area contributed by atoms with Crippen LogP contribution in [0.25, 0.3) is 0 Å². The minimum absolute atomic E-state index is 0.831. The minimum Gasteiger partial charge on any atom is -0.379 e. The third-order valence-electron chi connectivity index (χ3n) is 3.43. The first-order valence-electron chi connectivity index (χ1n) is 7.15. The van der Waals surface area contributed by atoms with Crippen LogP contribution in [0.2, 0.25) is 0 Å². The molecule has 0 radical (unpaired) electrons. The zero-order valence-corrected chi connectivity index (χ0v) is 12.1. The van der Waals surface area contributed by atoms with Crippen molar-refractivity contribution in [3.8, 4) is 0 Å². The number of nitrogens with zero attached hydrogens (tertiary/aromatic N) is 2. The Morgan fingerprint density at radius 3 is 2.58 bits per heavy atom. The maximum atomic E-state index is 4.58. The average Bonchev–Trinajstić information content (AvgIpc) is 2.87. The molecule has 3 nitrogen and oxygen atoms in total. The van der Waals surface area contributed by atoms with E-state index in [1.807, 2.05) is 0 Å². The first-order valence-corrected chi connectivity index (χ1v) is 7.15. The largest absolute Gasteiger partial charge is 0.379 e. The molecular formula is C16H23N3. The molecule has 19 heavy (non-hydrogen) atoms.